The molecule has 1 aromatic rings. The SMILES string of the molecule is Nc1c(Cl)ccc2c1CCC(C(=O)O)O2. The predicted molar refractivity (Wildman–Crippen MR) is 56.2 cm³/mol. The van der Waals surface area contributed by atoms with Gasteiger partial charge in [0, 0.05) is 5.56 Å². The van der Waals surface area contributed by atoms with E-state index < -0.39 is 12.1 Å². The summed E-state index contributed by atoms with van der Waals surface area (Å²) in [5.41, 5.74) is 7.06. The van der Waals surface area contributed by atoms with Crippen molar-refractivity contribution >= 4 is 23.3 Å². The Bertz CT molecular complexity index is 419. The zero-order valence-electron chi connectivity index (χ0n) is 7.87. The third kappa shape index (κ3) is 1.72. The van der Waals surface area contributed by atoms with Crippen molar-refractivity contribution in [1.82, 2.24) is 0 Å². The number of aliphatic carboxylic acids is 1. The van der Waals surface area contributed by atoms with Crippen molar-refractivity contribution < 1.29 is 14.6 Å². The van der Waals surface area contributed by atoms with Gasteiger partial charge in [0.15, 0.2) is 6.10 Å². The Labute approximate surface area is 91.6 Å². The standard InChI is InChI=1S/C10H10ClNO3/c11-6-2-4-7-5(9(6)12)1-3-8(15-7)10(13)14/h2,4,8H,1,3,12H2,(H,13,14). The molecule has 5 heteroatoms. The number of carboxylic acid groups (broad SMARTS) is 1. The molecule has 3 N–H and O–H groups in total. The normalized spacial score (nSPS) is 19.1. The van der Waals surface area contributed by atoms with Crippen molar-refractivity contribution in [3.8, 4) is 5.75 Å². The second kappa shape index (κ2) is 3.62. The van der Waals surface area contributed by atoms with Gasteiger partial charge in [-0.2, -0.15) is 0 Å². The van der Waals surface area contributed by atoms with Crippen LogP contribution >= 0.6 is 11.6 Å². The molecule has 15 heavy (non-hydrogen) atoms. The highest BCUT2D eigenvalue weighted by Gasteiger charge is 2.27. The van der Waals surface area contributed by atoms with Crippen LogP contribution in [-0.2, 0) is 11.2 Å². The van der Waals surface area contributed by atoms with Crippen LogP contribution < -0.4 is 10.5 Å². The van der Waals surface area contributed by atoms with E-state index in [1.54, 1.807) is 12.1 Å². The summed E-state index contributed by atoms with van der Waals surface area (Å²) < 4.78 is 5.29. The molecule has 1 aliphatic heterocycles. The number of ether oxygens (including phenoxy) is 1. The van der Waals surface area contributed by atoms with Gasteiger partial charge in [0.2, 0.25) is 0 Å². The monoisotopic (exact) mass is 227 g/mol. The second-order valence-electron chi connectivity index (χ2n) is 3.42. The molecule has 2 rings (SSSR count). The van der Waals surface area contributed by atoms with Crippen molar-refractivity contribution in [1.29, 1.82) is 0 Å². The number of nitrogen functional groups attached to an aromatic ring is 1. The van der Waals surface area contributed by atoms with E-state index in [4.69, 9.17) is 27.2 Å². The van der Waals surface area contributed by atoms with Crippen molar-refractivity contribution in [3.05, 3.63) is 22.7 Å². The summed E-state index contributed by atoms with van der Waals surface area (Å²) in [4.78, 5) is 10.7. The number of carboxylic acids is 1. The minimum absolute atomic E-state index is 0.423. The molecule has 0 aliphatic carbocycles. The molecule has 1 aromatic carbocycles. The van der Waals surface area contributed by atoms with Crippen molar-refractivity contribution in [3.63, 3.8) is 0 Å². The summed E-state index contributed by atoms with van der Waals surface area (Å²) in [5.74, 6) is -0.426. The molecular formula is C10H10ClNO3. The quantitative estimate of drug-likeness (QED) is 0.717. The van der Waals surface area contributed by atoms with Crippen LogP contribution in [-0.4, -0.2) is 17.2 Å². The van der Waals surface area contributed by atoms with Gasteiger partial charge in [-0.15, -0.1) is 0 Å². The molecule has 0 radical (unpaired) electrons. The zero-order chi connectivity index (χ0) is 11.0. The van der Waals surface area contributed by atoms with Gasteiger partial charge in [-0.25, -0.2) is 4.79 Å². The largest absolute Gasteiger partial charge is 0.479 e. The summed E-state index contributed by atoms with van der Waals surface area (Å²) in [6.07, 6.45) is 0.226. The molecule has 0 amide bonds. The topological polar surface area (TPSA) is 72.6 Å². The molecule has 0 spiro atoms. The fourth-order valence-corrected chi connectivity index (χ4v) is 1.82. The molecule has 0 saturated heterocycles. The average molecular weight is 228 g/mol. The van der Waals surface area contributed by atoms with E-state index in [1.807, 2.05) is 0 Å². The molecule has 1 aliphatic rings. The Hall–Kier alpha value is -1.42. The third-order valence-electron chi connectivity index (χ3n) is 2.46. The maximum absolute atomic E-state index is 10.7. The Morgan fingerprint density at radius 2 is 2.33 bits per heavy atom. The number of hydrogen-bond acceptors (Lipinski definition) is 3. The lowest BCUT2D eigenvalue weighted by atomic mass is 10.0. The number of fused-ring (bicyclic) bond motifs is 1. The number of rotatable bonds is 1. The molecule has 4 nitrogen and oxygen atoms in total. The highest BCUT2D eigenvalue weighted by atomic mass is 35.5. The van der Waals surface area contributed by atoms with E-state index in [0.29, 0.717) is 29.3 Å². The predicted octanol–water partition coefficient (Wildman–Crippen LogP) is 1.70. The molecule has 0 fully saturated rings. The zero-order valence-corrected chi connectivity index (χ0v) is 8.62. The van der Waals surface area contributed by atoms with E-state index in [-0.39, 0.29) is 0 Å². The van der Waals surface area contributed by atoms with Crippen molar-refractivity contribution in [2.24, 2.45) is 0 Å². The number of carbonyl (C=O) groups is 1. The van der Waals surface area contributed by atoms with Crippen LogP contribution in [0.5, 0.6) is 5.75 Å². The van der Waals surface area contributed by atoms with Gasteiger partial charge >= 0.3 is 5.97 Å². The van der Waals surface area contributed by atoms with Gasteiger partial charge in [-0.3, -0.25) is 0 Å². The van der Waals surface area contributed by atoms with Crippen LogP contribution in [0.1, 0.15) is 12.0 Å². The first kappa shape index (κ1) is 10.1. The van der Waals surface area contributed by atoms with Gasteiger partial charge in [0.25, 0.3) is 0 Å². The Balaban J connectivity index is 2.36. The van der Waals surface area contributed by atoms with Gasteiger partial charge in [0.1, 0.15) is 5.75 Å². The number of hydrogen-bond donors (Lipinski definition) is 2. The maximum atomic E-state index is 10.7. The average Bonchev–Trinajstić information content (AvgIpc) is 2.23. The van der Waals surface area contributed by atoms with Crippen LogP contribution in [0.4, 0.5) is 5.69 Å². The lowest BCUT2D eigenvalue weighted by Gasteiger charge is -2.24. The summed E-state index contributed by atoms with van der Waals surface area (Å²) >= 11 is 5.85. The number of halogens is 1. The molecular weight excluding hydrogens is 218 g/mol. The fraction of sp³-hybridized carbons (Fsp3) is 0.300. The smallest absolute Gasteiger partial charge is 0.344 e. The van der Waals surface area contributed by atoms with Gasteiger partial charge in [-0.05, 0) is 25.0 Å². The van der Waals surface area contributed by atoms with Crippen LogP contribution in [0.15, 0.2) is 12.1 Å². The first-order valence-electron chi connectivity index (χ1n) is 4.56. The van der Waals surface area contributed by atoms with Crippen LogP contribution in [0, 0.1) is 0 Å². The van der Waals surface area contributed by atoms with Crippen LogP contribution in [0.2, 0.25) is 5.02 Å². The number of anilines is 1. The van der Waals surface area contributed by atoms with E-state index in [2.05, 4.69) is 0 Å². The Kier molecular flexibility index (Phi) is 2.44. The highest BCUT2D eigenvalue weighted by Crippen LogP contribution is 2.35. The number of benzene rings is 1. The summed E-state index contributed by atoms with van der Waals surface area (Å²) in [7, 11) is 0. The molecule has 1 heterocycles. The van der Waals surface area contributed by atoms with E-state index in [1.165, 1.54) is 0 Å². The van der Waals surface area contributed by atoms with Gasteiger partial charge < -0.3 is 15.6 Å². The molecule has 0 saturated carbocycles. The third-order valence-corrected chi connectivity index (χ3v) is 2.79. The van der Waals surface area contributed by atoms with Crippen molar-refractivity contribution in [2.75, 3.05) is 5.73 Å². The van der Waals surface area contributed by atoms with Crippen LogP contribution in [0.25, 0.3) is 0 Å². The summed E-state index contributed by atoms with van der Waals surface area (Å²) in [6.45, 7) is 0. The first-order chi connectivity index (χ1) is 7.09. The van der Waals surface area contributed by atoms with Gasteiger partial charge in [0.05, 0.1) is 10.7 Å². The van der Waals surface area contributed by atoms with Crippen LogP contribution in [0.3, 0.4) is 0 Å². The first-order valence-corrected chi connectivity index (χ1v) is 4.93. The molecule has 80 valence electrons. The highest BCUT2D eigenvalue weighted by molar-refractivity contribution is 6.33. The molecule has 1 unspecified atom stereocenters. The van der Waals surface area contributed by atoms with E-state index in [9.17, 15) is 4.79 Å². The minimum atomic E-state index is -0.950. The van der Waals surface area contributed by atoms with Crippen molar-refractivity contribution in [2.45, 2.75) is 18.9 Å². The minimum Gasteiger partial charge on any atom is -0.479 e. The van der Waals surface area contributed by atoms with E-state index in [0.717, 1.165) is 5.56 Å². The Morgan fingerprint density at radius 1 is 1.60 bits per heavy atom. The number of nitrogens with two attached hydrogens (primary N) is 1. The molecule has 0 bridgehead atoms. The lowest BCUT2D eigenvalue weighted by molar-refractivity contribution is -0.145. The second-order valence-corrected chi connectivity index (χ2v) is 3.83. The lowest BCUT2D eigenvalue weighted by Crippen LogP contribution is -2.31. The van der Waals surface area contributed by atoms with Gasteiger partial charge in [-0.1, -0.05) is 11.6 Å². The Morgan fingerprint density at radius 3 is 3.00 bits per heavy atom. The molecule has 1 atom stereocenters. The maximum Gasteiger partial charge on any atom is 0.344 e. The summed E-state index contributed by atoms with van der Waals surface area (Å²) in [6, 6.07) is 3.27. The molecule has 0 aromatic heterocycles. The fourth-order valence-electron chi connectivity index (χ4n) is 1.65. The summed E-state index contributed by atoms with van der Waals surface area (Å²) in [5, 5.41) is 9.28. The van der Waals surface area contributed by atoms with E-state index >= 15 is 0 Å².